The highest BCUT2D eigenvalue weighted by molar-refractivity contribution is 9.10. The zero-order chi connectivity index (χ0) is 10.8. The average molecular weight is 289 g/mol. The highest BCUT2D eigenvalue weighted by Gasteiger charge is 2.26. The van der Waals surface area contributed by atoms with Gasteiger partial charge in [0, 0.05) is 33.9 Å². The van der Waals surface area contributed by atoms with Gasteiger partial charge in [0.25, 0.3) is 0 Å². The van der Waals surface area contributed by atoms with Gasteiger partial charge in [-0.2, -0.15) is 0 Å². The summed E-state index contributed by atoms with van der Waals surface area (Å²) in [7, 11) is 2.19. The van der Waals surface area contributed by atoms with Crippen molar-refractivity contribution in [3.05, 3.63) is 20.8 Å². The molecule has 2 N–H and O–H groups in total. The first kappa shape index (κ1) is 11.6. The first-order valence-electron chi connectivity index (χ1n) is 5.30. The fourth-order valence-electron chi connectivity index (χ4n) is 2.14. The molecule has 1 fully saturated rings. The minimum absolute atomic E-state index is 0.472. The summed E-state index contributed by atoms with van der Waals surface area (Å²) in [5, 5.41) is 2.14. The van der Waals surface area contributed by atoms with Crippen LogP contribution >= 0.6 is 27.3 Å². The summed E-state index contributed by atoms with van der Waals surface area (Å²) in [5.41, 5.74) is 5.78. The molecule has 0 unspecified atom stereocenters. The Bertz CT molecular complexity index is 320. The van der Waals surface area contributed by atoms with Gasteiger partial charge in [-0.3, -0.25) is 0 Å². The van der Waals surface area contributed by atoms with E-state index in [2.05, 4.69) is 39.3 Å². The van der Waals surface area contributed by atoms with Gasteiger partial charge in [0.15, 0.2) is 0 Å². The molecule has 1 aliphatic carbocycles. The normalized spacial score (nSPS) is 25.6. The Balaban J connectivity index is 1.75. The van der Waals surface area contributed by atoms with Crippen LogP contribution in [0, 0.1) is 5.92 Å². The summed E-state index contributed by atoms with van der Waals surface area (Å²) in [6.45, 7) is 2.24. The highest BCUT2D eigenvalue weighted by atomic mass is 79.9. The van der Waals surface area contributed by atoms with Crippen molar-refractivity contribution in [3.63, 3.8) is 0 Å². The van der Waals surface area contributed by atoms with E-state index in [1.165, 1.54) is 28.7 Å². The second-order valence-electron chi connectivity index (χ2n) is 4.53. The molecule has 0 spiro atoms. The molecule has 1 heterocycles. The van der Waals surface area contributed by atoms with Gasteiger partial charge < -0.3 is 10.6 Å². The summed E-state index contributed by atoms with van der Waals surface area (Å²) in [5.74, 6) is 0.827. The molecule has 4 heteroatoms. The predicted octanol–water partition coefficient (Wildman–Crippen LogP) is 2.68. The Kier molecular flexibility index (Phi) is 3.83. The fraction of sp³-hybridized carbons (Fsp3) is 0.636. The van der Waals surface area contributed by atoms with Crippen LogP contribution in [0.5, 0.6) is 0 Å². The number of nitrogens with zero attached hydrogens (tertiary/aromatic N) is 1. The molecule has 2 nitrogen and oxygen atoms in total. The van der Waals surface area contributed by atoms with E-state index in [0.29, 0.717) is 6.04 Å². The first-order valence-corrected chi connectivity index (χ1v) is 6.98. The van der Waals surface area contributed by atoms with Crippen molar-refractivity contribution in [3.8, 4) is 0 Å². The van der Waals surface area contributed by atoms with Gasteiger partial charge in [-0.25, -0.2) is 0 Å². The highest BCUT2D eigenvalue weighted by Crippen LogP contribution is 2.27. The molecule has 0 atom stereocenters. The maximum atomic E-state index is 5.78. The van der Waals surface area contributed by atoms with E-state index in [-0.39, 0.29) is 0 Å². The van der Waals surface area contributed by atoms with E-state index >= 15 is 0 Å². The van der Waals surface area contributed by atoms with Gasteiger partial charge in [-0.05, 0) is 47.8 Å². The monoisotopic (exact) mass is 288 g/mol. The molecule has 0 aromatic carbocycles. The fourth-order valence-corrected chi connectivity index (χ4v) is 3.67. The molecule has 0 aliphatic heterocycles. The molecule has 1 aromatic rings. The standard InChI is InChI=1S/C11H17BrN2S/c1-14(5-8-2-10(13)3-8)6-11-4-9(12)7-15-11/h4,7-8,10H,2-3,5-6,13H2,1H3. The van der Waals surface area contributed by atoms with Crippen molar-refractivity contribution in [2.24, 2.45) is 11.7 Å². The smallest absolute Gasteiger partial charge is 0.0325 e. The van der Waals surface area contributed by atoms with Crippen LogP contribution in [0.1, 0.15) is 17.7 Å². The number of hydrogen-bond donors (Lipinski definition) is 1. The van der Waals surface area contributed by atoms with Crippen LogP contribution in [-0.4, -0.2) is 24.5 Å². The number of rotatable bonds is 4. The third-order valence-electron chi connectivity index (χ3n) is 2.89. The Morgan fingerprint density at radius 1 is 1.60 bits per heavy atom. The van der Waals surface area contributed by atoms with Gasteiger partial charge in [-0.1, -0.05) is 0 Å². The predicted molar refractivity (Wildman–Crippen MR) is 69.1 cm³/mol. The summed E-state index contributed by atoms with van der Waals surface area (Å²) in [6.07, 6.45) is 2.41. The Hall–Kier alpha value is 0.1000. The average Bonchev–Trinajstić information content (AvgIpc) is 2.48. The largest absolute Gasteiger partial charge is 0.328 e. The minimum Gasteiger partial charge on any atom is -0.328 e. The molecule has 1 saturated carbocycles. The molecule has 15 heavy (non-hydrogen) atoms. The van der Waals surface area contributed by atoms with Crippen molar-refractivity contribution in [1.29, 1.82) is 0 Å². The summed E-state index contributed by atoms with van der Waals surface area (Å²) in [6, 6.07) is 2.67. The number of nitrogens with two attached hydrogens (primary N) is 1. The Morgan fingerprint density at radius 3 is 2.87 bits per heavy atom. The number of thiophene rings is 1. The van der Waals surface area contributed by atoms with Gasteiger partial charge >= 0.3 is 0 Å². The molecule has 0 bridgehead atoms. The Morgan fingerprint density at radius 2 is 2.33 bits per heavy atom. The van der Waals surface area contributed by atoms with Crippen molar-refractivity contribution >= 4 is 27.3 Å². The maximum Gasteiger partial charge on any atom is 0.0325 e. The molecule has 0 radical (unpaired) electrons. The lowest BCUT2D eigenvalue weighted by molar-refractivity contribution is 0.179. The molecule has 0 saturated heterocycles. The number of hydrogen-bond acceptors (Lipinski definition) is 3. The van der Waals surface area contributed by atoms with Crippen molar-refractivity contribution in [2.45, 2.75) is 25.4 Å². The van der Waals surface area contributed by atoms with Crippen LogP contribution in [0.2, 0.25) is 0 Å². The lowest BCUT2D eigenvalue weighted by Crippen LogP contribution is -2.41. The van der Waals surface area contributed by atoms with Crippen molar-refractivity contribution in [2.75, 3.05) is 13.6 Å². The zero-order valence-electron chi connectivity index (χ0n) is 8.95. The van der Waals surface area contributed by atoms with Crippen LogP contribution in [0.3, 0.4) is 0 Å². The summed E-state index contributed by atoms with van der Waals surface area (Å²) < 4.78 is 1.20. The first-order chi connectivity index (χ1) is 7.13. The molecule has 2 rings (SSSR count). The third kappa shape index (κ3) is 3.28. The van der Waals surface area contributed by atoms with Gasteiger partial charge in [0.1, 0.15) is 0 Å². The SMILES string of the molecule is CN(Cc1cc(Br)cs1)CC1CC(N)C1. The molecular weight excluding hydrogens is 272 g/mol. The molecule has 1 aliphatic rings. The van der Waals surface area contributed by atoms with Gasteiger partial charge in [0.2, 0.25) is 0 Å². The number of halogens is 1. The Labute approximate surface area is 104 Å². The second kappa shape index (κ2) is 4.95. The molecule has 0 amide bonds. The van der Waals surface area contributed by atoms with E-state index in [1.807, 2.05) is 11.3 Å². The quantitative estimate of drug-likeness (QED) is 0.923. The zero-order valence-corrected chi connectivity index (χ0v) is 11.4. The van der Waals surface area contributed by atoms with Crippen molar-refractivity contribution < 1.29 is 0 Å². The molecule has 1 aromatic heterocycles. The van der Waals surface area contributed by atoms with Gasteiger partial charge in [0.05, 0.1) is 0 Å². The van der Waals surface area contributed by atoms with Gasteiger partial charge in [-0.15, -0.1) is 11.3 Å². The van der Waals surface area contributed by atoms with E-state index in [1.54, 1.807) is 0 Å². The van der Waals surface area contributed by atoms with Crippen LogP contribution in [0.4, 0.5) is 0 Å². The third-order valence-corrected chi connectivity index (χ3v) is 4.57. The topological polar surface area (TPSA) is 29.3 Å². The van der Waals surface area contributed by atoms with Crippen LogP contribution < -0.4 is 5.73 Å². The lowest BCUT2D eigenvalue weighted by atomic mass is 9.80. The lowest BCUT2D eigenvalue weighted by Gasteiger charge is -2.35. The van der Waals surface area contributed by atoms with Crippen LogP contribution in [0.15, 0.2) is 15.9 Å². The summed E-state index contributed by atoms with van der Waals surface area (Å²) in [4.78, 5) is 3.82. The maximum absolute atomic E-state index is 5.78. The summed E-state index contributed by atoms with van der Waals surface area (Å²) >= 11 is 5.30. The second-order valence-corrected chi connectivity index (χ2v) is 6.44. The molecular formula is C11H17BrN2S. The van der Waals surface area contributed by atoms with E-state index in [4.69, 9.17) is 5.73 Å². The van der Waals surface area contributed by atoms with Crippen LogP contribution in [-0.2, 0) is 6.54 Å². The van der Waals surface area contributed by atoms with E-state index < -0.39 is 0 Å². The van der Waals surface area contributed by atoms with Crippen molar-refractivity contribution in [1.82, 2.24) is 4.90 Å². The van der Waals surface area contributed by atoms with Crippen LogP contribution in [0.25, 0.3) is 0 Å². The minimum atomic E-state index is 0.472. The van der Waals surface area contributed by atoms with E-state index in [9.17, 15) is 0 Å². The van der Waals surface area contributed by atoms with E-state index in [0.717, 1.165) is 12.5 Å². The molecule has 84 valence electrons.